The maximum absolute atomic E-state index is 16.5. The third-order valence-corrected chi connectivity index (χ3v) is 14.3. The number of amides is 1. The first-order chi connectivity index (χ1) is 23.1. The Morgan fingerprint density at radius 3 is 2.12 bits per heavy atom. The van der Waals surface area contributed by atoms with Crippen LogP contribution in [-0.2, 0) is 23.4 Å². The molecule has 0 radical (unpaired) electrons. The molecule has 4 heterocycles. The summed E-state index contributed by atoms with van der Waals surface area (Å²) in [7, 11) is -2.87. The van der Waals surface area contributed by atoms with Crippen LogP contribution in [-0.4, -0.2) is 77.3 Å². The zero-order chi connectivity index (χ0) is 33.6. The van der Waals surface area contributed by atoms with Crippen molar-refractivity contribution in [2.24, 2.45) is 0 Å². The SMILES string of the molecule is C[C@@H]1CN(c2c(C3OCCO3)cc3c(N4C[C@@H](CO[Si](c5ccccc5)(c5ccccc5)C(C)(C)C)OC4=O)noc3c2F)C[C@@H](C)O1. The molecule has 0 saturated carbocycles. The summed E-state index contributed by atoms with van der Waals surface area (Å²) in [5.74, 6) is -0.405. The van der Waals surface area contributed by atoms with Crippen molar-refractivity contribution < 1.29 is 37.1 Å². The van der Waals surface area contributed by atoms with E-state index in [2.05, 4.69) is 50.2 Å². The van der Waals surface area contributed by atoms with Crippen LogP contribution >= 0.6 is 0 Å². The molecule has 4 aromatic rings. The predicted octanol–water partition coefficient (Wildman–Crippen LogP) is 5.53. The van der Waals surface area contributed by atoms with Crippen molar-refractivity contribution >= 4 is 47.3 Å². The number of carbonyl (C=O) groups is 1. The maximum Gasteiger partial charge on any atom is 0.416 e. The normalized spacial score (nSPS) is 22.5. The van der Waals surface area contributed by atoms with E-state index in [-0.39, 0.29) is 41.8 Å². The molecule has 7 rings (SSSR count). The number of ether oxygens (including phenoxy) is 4. The molecule has 3 aliphatic heterocycles. The molecule has 48 heavy (non-hydrogen) atoms. The van der Waals surface area contributed by atoms with Gasteiger partial charge in [-0.05, 0) is 35.3 Å². The molecule has 0 aliphatic carbocycles. The zero-order valence-electron chi connectivity index (χ0n) is 28.0. The summed E-state index contributed by atoms with van der Waals surface area (Å²) in [6, 6.07) is 22.4. The summed E-state index contributed by atoms with van der Waals surface area (Å²) in [6.45, 7) is 12.6. The topological polar surface area (TPSA) is 95.7 Å². The summed E-state index contributed by atoms with van der Waals surface area (Å²) >= 11 is 0. The minimum atomic E-state index is -2.87. The highest BCUT2D eigenvalue weighted by Crippen LogP contribution is 2.43. The molecule has 3 fully saturated rings. The number of cyclic esters (lactones) is 1. The van der Waals surface area contributed by atoms with E-state index in [4.69, 9.17) is 27.9 Å². The quantitative estimate of drug-likeness (QED) is 0.224. The van der Waals surface area contributed by atoms with Gasteiger partial charge in [0, 0.05) is 18.7 Å². The van der Waals surface area contributed by atoms with E-state index in [1.807, 2.05) is 55.1 Å². The van der Waals surface area contributed by atoms with E-state index in [0.29, 0.717) is 42.9 Å². The van der Waals surface area contributed by atoms with Crippen molar-refractivity contribution in [2.45, 2.75) is 64.3 Å². The largest absolute Gasteiger partial charge is 0.441 e. The number of anilines is 2. The first-order valence-electron chi connectivity index (χ1n) is 16.6. The van der Waals surface area contributed by atoms with Gasteiger partial charge in [0.2, 0.25) is 5.58 Å². The number of hydrogen-bond acceptors (Lipinski definition) is 9. The van der Waals surface area contributed by atoms with E-state index in [0.717, 1.165) is 10.4 Å². The van der Waals surface area contributed by atoms with Crippen LogP contribution in [0.25, 0.3) is 11.0 Å². The van der Waals surface area contributed by atoms with Gasteiger partial charge in [-0.15, -0.1) is 0 Å². The lowest BCUT2D eigenvalue weighted by Gasteiger charge is -2.43. The number of halogens is 1. The Balaban J connectivity index is 1.20. The number of aromatic nitrogens is 1. The van der Waals surface area contributed by atoms with Crippen molar-refractivity contribution in [2.75, 3.05) is 49.3 Å². The summed E-state index contributed by atoms with van der Waals surface area (Å²) in [5.41, 5.74) is 0.801. The van der Waals surface area contributed by atoms with Gasteiger partial charge >= 0.3 is 6.09 Å². The molecular weight excluding hydrogens is 633 g/mol. The molecule has 0 bridgehead atoms. The highest BCUT2D eigenvalue weighted by Gasteiger charge is 2.51. The molecule has 3 atom stereocenters. The van der Waals surface area contributed by atoms with Crippen molar-refractivity contribution in [1.82, 2.24) is 5.16 Å². The minimum absolute atomic E-state index is 0.0478. The number of carbonyl (C=O) groups excluding carboxylic acids is 1. The third-order valence-electron chi connectivity index (χ3n) is 9.33. The molecule has 3 saturated heterocycles. The molecule has 10 nitrogen and oxygen atoms in total. The fraction of sp³-hybridized carbons (Fsp3) is 0.444. The molecule has 0 unspecified atom stereocenters. The van der Waals surface area contributed by atoms with Gasteiger partial charge in [0.1, 0.15) is 6.10 Å². The average Bonchev–Trinajstić information content (AvgIpc) is 3.82. The first-order valence-corrected chi connectivity index (χ1v) is 18.5. The zero-order valence-corrected chi connectivity index (χ0v) is 29.0. The summed E-state index contributed by atoms with van der Waals surface area (Å²) in [5, 5.41) is 6.56. The highest BCUT2D eigenvalue weighted by molar-refractivity contribution is 6.99. The monoisotopic (exact) mass is 675 g/mol. The van der Waals surface area contributed by atoms with Crippen LogP contribution in [0.1, 0.15) is 46.5 Å². The Hall–Kier alpha value is -3.81. The Morgan fingerprint density at radius 1 is 0.938 bits per heavy atom. The summed E-state index contributed by atoms with van der Waals surface area (Å²) < 4.78 is 52.6. The van der Waals surface area contributed by atoms with E-state index < -0.39 is 32.6 Å². The van der Waals surface area contributed by atoms with Crippen LogP contribution in [0.4, 0.5) is 20.7 Å². The third kappa shape index (κ3) is 5.79. The van der Waals surface area contributed by atoms with Crippen LogP contribution in [0, 0.1) is 5.82 Å². The molecule has 1 amide bonds. The average molecular weight is 676 g/mol. The molecule has 3 aromatic carbocycles. The van der Waals surface area contributed by atoms with Gasteiger partial charge in [-0.25, -0.2) is 9.18 Å². The maximum atomic E-state index is 16.5. The highest BCUT2D eigenvalue weighted by atomic mass is 28.4. The Kier molecular flexibility index (Phi) is 8.79. The number of benzene rings is 3. The second kappa shape index (κ2) is 12.9. The van der Waals surface area contributed by atoms with Crippen molar-refractivity contribution in [3.05, 3.63) is 78.1 Å². The molecule has 254 valence electrons. The number of fused-ring (bicyclic) bond motifs is 1. The standard InChI is InChI=1S/C36H42FN3O7Si/c1-23-19-39(20-24(2)45-23)31-28(34-42-16-17-43-34)18-29-32(30(31)37)47-38-33(29)40-21-25(46-35(40)41)22-44-48(36(3,4)5,26-12-8-6-9-13-26)27-14-10-7-11-15-27/h6-15,18,23-25,34H,16-17,19-22H2,1-5H3/t23-,24-,25+/m1/s1. The summed E-state index contributed by atoms with van der Waals surface area (Å²) in [6.07, 6.45) is -2.17. The Morgan fingerprint density at radius 2 is 1.54 bits per heavy atom. The number of rotatable bonds is 8. The molecular formula is C36H42FN3O7Si. The fourth-order valence-corrected chi connectivity index (χ4v) is 12.0. The van der Waals surface area contributed by atoms with Gasteiger partial charge in [0.05, 0.1) is 49.6 Å². The second-order valence-electron chi connectivity index (χ2n) is 13.8. The van der Waals surface area contributed by atoms with E-state index in [1.54, 1.807) is 6.07 Å². The fourth-order valence-electron chi connectivity index (χ4n) is 7.39. The Bertz CT molecular complexity index is 1710. The molecule has 0 spiro atoms. The van der Waals surface area contributed by atoms with Crippen LogP contribution < -0.4 is 20.2 Å². The predicted molar refractivity (Wildman–Crippen MR) is 182 cm³/mol. The van der Waals surface area contributed by atoms with Gasteiger partial charge in [-0.1, -0.05) is 86.6 Å². The minimum Gasteiger partial charge on any atom is -0.441 e. The van der Waals surface area contributed by atoms with Crippen LogP contribution in [0.3, 0.4) is 0 Å². The lowest BCUT2D eigenvalue weighted by atomic mass is 10.0. The van der Waals surface area contributed by atoms with Crippen LogP contribution in [0.5, 0.6) is 0 Å². The number of hydrogen-bond donors (Lipinski definition) is 0. The van der Waals surface area contributed by atoms with Crippen LogP contribution in [0.15, 0.2) is 71.3 Å². The molecule has 0 N–H and O–H groups in total. The van der Waals surface area contributed by atoms with Crippen LogP contribution in [0.2, 0.25) is 5.04 Å². The van der Waals surface area contributed by atoms with E-state index in [1.165, 1.54) is 4.90 Å². The van der Waals surface area contributed by atoms with Gasteiger partial charge in [-0.2, -0.15) is 0 Å². The number of morpholine rings is 1. The lowest BCUT2D eigenvalue weighted by molar-refractivity contribution is -0.0445. The van der Waals surface area contributed by atoms with Gasteiger partial charge < -0.3 is 32.8 Å². The first kappa shape index (κ1) is 32.7. The lowest BCUT2D eigenvalue weighted by Crippen LogP contribution is -2.67. The smallest absolute Gasteiger partial charge is 0.416 e. The molecule has 12 heteroatoms. The molecule has 1 aromatic heterocycles. The molecule has 3 aliphatic rings. The van der Waals surface area contributed by atoms with Crippen molar-refractivity contribution in [1.29, 1.82) is 0 Å². The van der Waals surface area contributed by atoms with E-state index in [9.17, 15) is 4.79 Å². The Labute approximate surface area is 280 Å². The van der Waals surface area contributed by atoms with Gasteiger partial charge in [-0.3, -0.25) is 4.90 Å². The summed E-state index contributed by atoms with van der Waals surface area (Å²) in [4.78, 5) is 16.7. The second-order valence-corrected chi connectivity index (χ2v) is 18.1. The number of nitrogens with zero attached hydrogens (tertiary/aromatic N) is 3. The van der Waals surface area contributed by atoms with Gasteiger partial charge in [0.25, 0.3) is 8.32 Å². The van der Waals surface area contributed by atoms with E-state index >= 15 is 4.39 Å². The van der Waals surface area contributed by atoms with Crippen molar-refractivity contribution in [3.63, 3.8) is 0 Å². The van der Waals surface area contributed by atoms with Crippen molar-refractivity contribution in [3.8, 4) is 0 Å². The van der Waals surface area contributed by atoms with Gasteiger partial charge in [0.15, 0.2) is 17.9 Å².